The lowest BCUT2D eigenvalue weighted by atomic mass is 10.2. The largest absolute Gasteiger partial charge is 0.384 e. The van der Waals surface area contributed by atoms with Gasteiger partial charge in [0.25, 0.3) is 6.43 Å². The molecule has 0 heterocycles. The van der Waals surface area contributed by atoms with Gasteiger partial charge in [0.05, 0.1) is 18.6 Å². The van der Waals surface area contributed by atoms with Gasteiger partial charge in [0.15, 0.2) is 0 Å². The van der Waals surface area contributed by atoms with Crippen LogP contribution in [0.2, 0.25) is 0 Å². The summed E-state index contributed by atoms with van der Waals surface area (Å²) in [6, 6.07) is 3.89. The first-order valence-corrected chi connectivity index (χ1v) is 6.08. The number of benzene rings is 1. The van der Waals surface area contributed by atoms with Gasteiger partial charge in [-0.2, -0.15) is 0 Å². The topological polar surface area (TPSA) is 58.6 Å². The Morgan fingerprint density at radius 3 is 2.81 bits per heavy atom. The standard InChI is InChI=1S/C14H14F3NO3/c15-12-8-11(4-3-10(12)2-1-6-19)18-14(20)5-7-21-9-13(16)17/h3-4,8,13,19H,5-7,9H2,(H,18,20). The number of anilines is 1. The predicted molar refractivity (Wildman–Crippen MR) is 70.4 cm³/mol. The first-order chi connectivity index (χ1) is 10.0. The summed E-state index contributed by atoms with van der Waals surface area (Å²) < 4.78 is 41.7. The zero-order chi connectivity index (χ0) is 15.7. The molecule has 114 valence electrons. The molecule has 21 heavy (non-hydrogen) atoms. The third kappa shape index (κ3) is 6.79. The van der Waals surface area contributed by atoms with Crippen LogP contribution in [-0.4, -0.2) is 37.3 Å². The molecule has 0 atom stereocenters. The lowest BCUT2D eigenvalue weighted by Gasteiger charge is -2.06. The minimum Gasteiger partial charge on any atom is -0.384 e. The van der Waals surface area contributed by atoms with Crippen LogP contribution >= 0.6 is 0 Å². The second-order valence-corrected chi connectivity index (χ2v) is 3.92. The van der Waals surface area contributed by atoms with Gasteiger partial charge in [-0.3, -0.25) is 4.79 Å². The third-order valence-electron chi connectivity index (χ3n) is 2.27. The Morgan fingerprint density at radius 1 is 1.43 bits per heavy atom. The van der Waals surface area contributed by atoms with Gasteiger partial charge in [-0.15, -0.1) is 0 Å². The lowest BCUT2D eigenvalue weighted by Crippen LogP contribution is -2.15. The molecule has 0 aromatic heterocycles. The highest BCUT2D eigenvalue weighted by molar-refractivity contribution is 5.90. The number of hydrogen-bond acceptors (Lipinski definition) is 3. The molecule has 0 aliphatic heterocycles. The fraction of sp³-hybridized carbons (Fsp3) is 0.357. The predicted octanol–water partition coefficient (Wildman–Crippen LogP) is 1.78. The van der Waals surface area contributed by atoms with Gasteiger partial charge in [-0.25, -0.2) is 13.2 Å². The Labute approximate surface area is 119 Å². The molecule has 4 nitrogen and oxygen atoms in total. The van der Waals surface area contributed by atoms with Crippen LogP contribution in [0, 0.1) is 17.7 Å². The molecule has 0 aliphatic carbocycles. The number of alkyl halides is 2. The maximum absolute atomic E-state index is 13.6. The van der Waals surface area contributed by atoms with Crippen molar-refractivity contribution < 1.29 is 27.8 Å². The zero-order valence-electron chi connectivity index (χ0n) is 11.0. The van der Waals surface area contributed by atoms with E-state index in [9.17, 15) is 18.0 Å². The lowest BCUT2D eigenvalue weighted by molar-refractivity contribution is -0.117. The fourth-order valence-corrected chi connectivity index (χ4v) is 1.39. The highest BCUT2D eigenvalue weighted by Crippen LogP contribution is 2.14. The summed E-state index contributed by atoms with van der Waals surface area (Å²) in [5.41, 5.74) is 0.322. The van der Waals surface area contributed by atoms with Crippen molar-refractivity contribution in [3.63, 3.8) is 0 Å². The van der Waals surface area contributed by atoms with Gasteiger partial charge in [0, 0.05) is 5.69 Å². The van der Waals surface area contributed by atoms with Gasteiger partial charge in [0.1, 0.15) is 19.0 Å². The van der Waals surface area contributed by atoms with E-state index in [1.54, 1.807) is 0 Å². The normalized spacial score (nSPS) is 10.1. The van der Waals surface area contributed by atoms with E-state index in [1.165, 1.54) is 12.1 Å². The Balaban J connectivity index is 2.47. The summed E-state index contributed by atoms with van der Waals surface area (Å²) in [5.74, 6) is 3.62. The zero-order valence-corrected chi connectivity index (χ0v) is 11.0. The van der Waals surface area contributed by atoms with Crippen molar-refractivity contribution in [3.05, 3.63) is 29.6 Å². The van der Waals surface area contributed by atoms with E-state index < -0.39 is 24.8 Å². The van der Waals surface area contributed by atoms with E-state index in [1.807, 2.05) is 0 Å². The van der Waals surface area contributed by atoms with Crippen LogP contribution < -0.4 is 5.32 Å². The maximum Gasteiger partial charge on any atom is 0.261 e. The molecule has 7 heteroatoms. The average Bonchev–Trinajstić information content (AvgIpc) is 2.42. The molecule has 1 rings (SSSR count). The molecular formula is C14H14F3NO3. The van der Waals surface area contributed by atoms with Crippen LogP contribution in [0.1, 0.15) is 12.0 Å². The molecule has 1 amide bonds. The van der Waals surface area contributed by atoms with Gasteiger partial charge in [0.2, 0.25) is 5.91 Å². The smallest absolute Gasteiger partial charge is 0.261 e. The Bertz CT molecular complexity index is 538. The summed E-state index contributed by atoms with van der Waals surface area (Å²) in [6.07, 6.45) is -2.69. The molecule has 0 unspecified atom stereocenters. The van der Waals surface area contributed by atoms with Gasteiger partial charge in [-0.1, -0.05) is 11.8 Å². The van der Waals surface area contributed by atoms with Crippen molar-refractivity contribution in [1.82, 2.24) is 0 Å². The molecule has 2 N–H and O–H groups in total. The summed E-state index contributed by atoms with van der Waals surface area (Å²) in [4.78, 5) is 11.5. The van der Waals surface area contributed by atoms with Crippen LogP contribution in [0.15, 0.2) is 18.2 Å². The first kappa shape index (κ1) is 17.0. The first-order valence-electron chi connectivity index (χ1n) is 6.08. The van der Waals surface area contributed by atoms with Crippen molar-refractivity contribution in [2.75, 3.05) is 25.1 Å². The number of ether oxygens (including phenoxy) is 1. The van der Waals surface area contributed by atoms with Crippen LogP contribution in [0.4, 0.5) is 18.9 Å². The molecule has 0 saturated carbocycles. The average molecular weight is 301 g/mol. The molecule has 0 spiro atoms. The van der Waals surface area contributed by atoms with E-state index in [-0.39, 0.29) is 30.9 Å². The Morgan fingerprint density at radius 2 is 2.19 bits per heavy atom. The van der Waals surface area contributed by atoms with E-state index >= 15 is 0 Å². The number of carbonyl (C=O) groups excluding carboxylic acids is 1. The Hall–Kier alpha value is -2.04. The number of rotatable bonds is 6. The third-order valence-corrected chi connectivity index (χ3v) is 2.27. The molecule has 0 aliphatic rings. The highest BCUT2D eigenvalue weighted by atomic mass is 19.3. The minimum absolute atomic E-state index is 0.0994. The molecule has 0 fully saturated rings. The molecule has 1 aromatic carbocycles. The van der Waals surface area contributed by atoms with Gasteiger partial charge >= 0.3 is 0 Å². The van der Waals surface area contributed by atoms with Crippen molar-refractivity contribution in [1.29, 1.82) is 0 Å². The summed E-state index contributed by atoms with van der Waals surface area (Å²) in [6.45, 7) is -1.24. The number of aliphatic hydroxyl groups excluding tert-OH is 1. The van der Waals surface area contributed by atoms with Crippen LogP contribution in [0.25, 0.3) is 0 Å². The number of amides is 1. The van der Waals surface area contributed by atoms with Crippen LogP contribution in [0.5, 0.6) is 0 Å². The van der Waals surface area contributed by atoms with Crippen molar-refractivity contribution >= 4 is 11.6 Å². The minimum atomic E-state index is -2.57. The molecular weight excluding hydrogens is 287 g/mol. The number of aliphatic hydroxyl groups is 1. The van der Waals surface area contributed by atoms with E-state index in [4.69, 9.17) is 5.11 Å². The SMILES string of the molecule is O=C(CCOCC(F)F)Nc1ccc(C#CCO)c(F)c1. The maximum atomic E-state index is 13.6. The molecule has 0 radical (unpaired) electrons. The number of halogens is 3. The fourth-order valence-electron chi connectivity index (χ4n) is 1.39. The molecule has 0 saturated heterocycles. The number of carbonyl (C=O) groups is 1. The summed E-state index contributed by atoms with van der Waals surface area (Å²) in [7, 11) is 0. The van der Waals surface area contributed by atoms with Gasteiger partial charge < -0.3 is 15.2 Å². The van der Waals surface area contributed by atoms with E-state index in [2.05, 4.69) is 21.9 Å². The molecule has 1 aromatic rings. The number of hydrogen-bond donors (Lipinski definition) is 2. The van der Waals surface area contributed by atoms with Crippen LogP contribution in [0.3, 0.4) is 0 Å². The van der Waals surface area contributed by atoms with Crippen LogP contribution in [-0.2, 0) is 9.53 Å². The summed E-state index contributed by atoms with van der Waals surface area (Å²) >= 11 is 0. The quantitative estimate of drug-likeness (QED) is 0.622. The summed E-state index contributed by atoms with van der Waals surface area (Å²) in [5, 5.41) is 10.9. The van der Waals surface area contributed by atoms with E-state index in [0.717, 1.165) is 6.07 Å². The molecule has 0 bridgehead atoms. The van der Waals surface area contributed by atoms with Crippen molar-refractivity contribution in [2.24, 2.45) is 0 Å². The monoisotopic (exact) mass is 301 g/mol. The van der Waals surface area contributed by atoms with Gasteiger partial charge in [-0.05, 0) is 18.2 Å². The van der Waals surface area contributed by atoms with Crippen molar-refractivity contribution in [2.45, 2.75) is 12.8 Å². The Kier molecular flexibility index (Phi) is 7.29. The highest BCUT2D eigenvalue weighted by Gasteiger charge is 2.07. The second-order valence-electron chi connectivity index (χ2n) is 3.92. The second kappa shape index (κ2) is 9.00. The van der Waals surface area contributed by atoms with Crippen molar-refractivity contribution in [3.8, 4) is 11.8 Å². The van der Waals surface area contributed by atoms with E-state index in [0.29, 0.717) is 0 Å². The number of nitrogens with one attached hydrogen (secondary N) is 1.